The first-order valence-corrected chi connectivity index (χ1v) is 9.44. The molecule has 2 nitrogen and oxygen atoms in total. The molecule has 1 aromatic rings. The fourth-order valence-corrected chi connectivity index (χ4v) is 4.84. The highest BCUT2D eigenvalue weighted by molar-refractivity contribution is 6.31. The van der Waals surface area contributed by atoms with Crippen molar-refractivity contribution < 1.29 is 9.90 Å². The molecule has 0 atom stereocenters. The van der Waals surface area contributed by atoms with E-state index in [1.807, 2.05) is 12.1 Å². The number of carboxylic acids is 1. The van der Waals surface area contributed by atoms with Crippen molar-refractivity contribution in [1.82, 2.24) is 0 Å². The second kappa shape index (κ2) is 6.84. The molecule has 3 heteroatoms. The maximum absolute atomic E-state index is 12.0. The van der Waals surface area contributed by atoms with Gasteiger partial charge in [0.2, 0.25) is 0 Å². The Hall–Kier alpha value is -1.02. The van der Waals surface area contributed by atoms with Crippen molar-refractivity contribution >= 4 is 17.6 Å². The third-order valence-corrected chi connectivity index (χ3v) is 6.45. The standard InChI is InChI=1S/C20H27ClO2/c1-14-5-7-15(8-6-14)17-10-9-16(13-18(17)21)20(19(22)23)11-3-2-4-12-20/h9-10,13-15H,2-8,11-12H2,1H3,(H,22,23). The van der Waals surface area contributed by atoms with Gasteiger partial charge in [0.15, 0.2) is 0 Å². The maximum atomic E-state index is 12.0. The summed E-state index contributed by atoms with van der Waals surface area (Å²) in [4.78, 5) is 12.0. The lowest BCUT2D eigenvalue weighted by Gasteiger charge is -2.34. The van der Waals surface area contributed by atoms with Crippen LogP contribution >= 0.6 is 11.6 Å². The van der Waals surface area contributed by atoms with Crippen LogP contribution in [0.3, 0.4) is 0 Å². The summed E-state index contributed by atoms with van der Waals surface area (Å²) < 4.78 is 0. The van der Waals surface area contributed by atoms with Gasteiger partial charge in [-0.1, -0.05) is 62.8 Å². The molecule has 0 saturated heterocycles. The number of hydrogen-bond acceptors (Lipinski definition) is 1. The molecule has 2 aliphatic carbocycles. The van der Waals surface area contributed by atoms with Crippen molar-refractivity contribution in [3.05, 3.63) is 34.3 Å². The van der Waals surface area contributed by atoms with Gasteiger partial charge in [-0.3, -0.25) is 4.79 Å². The summed E-state index contributed by atoms with van der Waals surface area (Å²) in [5, 5.41) is 10.6. The highest BCUT2D eigenvalue weighted by atomic mass is 35.5. The summed E-state index contributed by atoms with van der Waals surface area (Å²) in [5.74, 6) is 0.675. The van der Waals surface area contributed by atoms with Gasteiger partial charge < -0.3 is 5.11 Å². The highest BCUT2D eigenvalue weighted by Gasteiger charge is 2.41. The van der Waals surface area contributed by atoms with Gasteiger partial charge in [-0.25, -0.2) is 0 Å². The molecule has 1 aromatic carbocycles. The number of carbonyl (C=O) groups is 1. The van der Waals surface area contributed by atoms with E-state index in [0.717, 1.165) is 48.6 Å². The Morgan fingerprint density at radius 2 is 1.78 bits per heavy atom. The van der Waals surface area contributed by atoms with E-state index in [4.69, 9.17) is 11.6 Å². The van der Waals surface area contributed by atoms with Crippen LogP contribution in [0.2, 0.25) is 5.02 Å². The average molecular weight is 335 g/mol. The number of rotatable bonds is 3. The zero-order valence-electron chi connectivity index (χ0n) is 14.0. The SMILES string of the molecule is CC1CCC(c2ccc(C3(C(=O)O)CCCCC3)cc2Cl)CC1. The van der Waals surface area contributed by atoms with Gasteiger partial charge in [0, 0.05) is 5.02 Å². The minimum atomic E-state index is -0.721. The smallest absolute Gasteiger partial charge is 0.314 e. The lowest BCUT2D eigenvalue weighted by molar-refractivity contribution is -0.145. The molecule has 1 N–H and O–H groups in total. The predicted octanol–water partition coefficient (Wildman–Crippen LogP) is 5.92. The molecule has 2 aliphatic rings. The zero-order valence-corrected chi connectivity index (χ0v) is 14.7. The van der Waals surface area contributed by atoms with Crippen molar-refractivity contribution in [3.63, 3.8) is 0 Å². The van der Waals surface area contributed by atoms with Gasteiger partial charge in [0.05, 0.1) is 5.41 Å². The molecular weight excluding hydrogens is 308 g/mol. The molecule has 0 spiro atoms. The van der Waals surface area contributed by atoms with Crippen LogP contribution < -0.4 is 0 Å². The van der Waals surface area contributed by atoms with E-state index < -0.39 is 11.4 Å². The summed E-state index contributed by atoms with van der Waals surface area (Å²) in [6.45, 7) is 2.32. The monoisotopic (exact) mass is 334 g/mol. The van der Waals surface area contributed by atoms with E-state index in [0.29, 0.717) is 5.92 Å². The molecule has 0 heterocycles. The fourth-order valence-electron chi connectivity index (χ4n) is 4.51. The molecule has 23 heavy (non-hydrogen) atoms. The van der Waals surface area contributed by atoms with E-state index >= 15 is 0 Å². The summed E-state index contributed by atoms with van der Waals surface area (Å²) in [6, 6.07) is 6.10. The molecule has 0 unspecified atom stereocenters. The maximum Gasteiger partial charge on any atom is 0.314 e. The van der Waals surface area contributed by atoms with Gasteiger partial charge in [-0.05, 0) is 54.7 Å². The van der Waals surface area contributed by atoms with Gasteiger partial charge >= 0.3 is 5.97 Å². The summed E-state index contributed by atoms with van der Waals surface area (Å²) in [7, 11) is 0. The van der Waals surface area contributed by atoms with Crippen LogP contribution in [-0.2, 0) is 10.2 Å². The zero-order chi connectivity index (χ0) is 16.4. The number of halogens is 1. The normalized spacial score (nSPS) is 27.6. The van der Waals surface area contributed by atoms with Gasteiger partial charge in [0.25, 0.3) is 0 Å². The number of aliphatic carboxylic acids is 1. The summed E-state index contributed by atoms with van der Waals surface area (Å²) in [6.07, 6.45) is 9.52. The van der Waals surface area contributed by atoms with Crippen LogP contribution in [0.5, 0.6) is 0 Å². The minimum absolute atomic E-state index is 0.542. The molecule has 0 radical (unpaired) electrons. The molecule has 3 rings (SSSR count). The number of hydrogen-bond donors (Lipinski definition) is 1. The largest absolute Gasteiger partial charge is 0.481 e. The van der Waals surface area contributed by atoms with Crippen molar-refractivity contribution in [3.8, 4) is 0 Å². The quantitative estimate of drug-likeness (QED) is 0.744. The van der Waals surface area contributed by atoms with E-state index in [1.54, 1.807) is 0 Å². The van der Waals surface area contributed by atoms with Crippen LogP contribution in [-0.4, -0.2) is 11.1 Å². The van der Waals surface area contributed by atoms with Crippen molar-refractivity contribution in [1.29, 1.82) is 0 Å². The Bertz CT molecular complexity index is 567. The van der Waals surface area contributed by atoms with E-state index in [-0.39, 0.29) is 0 Å². The highest BCUT2D eigenvalue weighted by Crippen LogP contribution is 2.43. The topological polar surface area (TPSA) is 37.3 Å². The third kappa shape index (κ3) is 3.28. The first-order valence-electron chi connectivity index (χ1n) is 9.06. The molecule has 0 aromatic heterocycles. The lowest BCUT2D eigenvalue weighted by atomic mass is 9.69. The van der Waals surface area contributed by atoms with E-state index in [2.05, 4.69) is 13.0 Å². The molecule has 0 aliphatic heterocycles. The Kier molecular flexibility index (Phi) is 5.01. The van der Waals surface area contributed by atoms with Crippen LogP contribution in [0.15, 0.2) is 18.2 Å². The second-order valence-electron chi connectivity index (χ2n) is 7.64. The van der Waals surface area contributed by atoms with Crippen molar-refractivity contribution in [2.45, 2.75) is 76.0 Å². The Labute approximate surface area is 144 Å². The Morgan fingerprint density at radius 1 is 1.13 bits per heavy atom. The van der Waals surface area contributed by atoms with Crippen LogP contribution in [0.4, 0.5) is 0 Å². The van der Waals surface area contributed by atoms with Gasteiger partial charge in [0.1, 0.15) is 0 Å². The number of benzene rings is 1. The van der Waals surface area contributed by atoms with Crippen molar-refractivity contribution in [2.75, 3.05) is 0 Å². The Morgan fingerprint density at radius 3 is 2.35 bits per heavy atom. The molecule has 2 fully saturated rings. The van der Waals surface area contributed by atoms with Crippen LogP contribution in [0.25, 0.3) is 0 Å². The average Bonchev–Trinajstić information content (AvgIpc) is 2.56. The van der Waals surface area contributed by atoms with Crippen LogP contribution in [0.1, 0.15) is 81.8 Å². The minimum Gasteiger partial charge on any atom is -0.481 e. The van der Waals surface area contributed by atoms with Gasteiger partial charge in [-0.15, -0.1) is 0 Å². The Balaban J connectivity index is 1.87. The van der Waals surface area contributed by atoms with Crippen LogP contribution in [0, 0.1) is 5.92 Å². The third-order valence-electron chi connectivity index (χ3n) is 6.13. The molecular formula is C20H27ClO2. The predicted molar refractivity (Wildman–Crippen MR) is 94.2 cm³/mol. The fraction of sp³-hybridized carbons (Fsp3) is 0.650. The van der Waals surface area contributed by atoms with Crippen molar-refractivity contribution in [2.24, 2.45) is 5.92 Å². The molecule has 2 saturated carbocycles. The molecule has 126 valence electrons. The number of carboxylic acid groups (broad SMARTS) is 1. The first kappa shape index (κ1) is 16.8. The van der Waals surface area contributed by atoms with E-state index in [1.165, 1.54) is 31.2 Å². The second-order valence-corrected chi connectivity index (χ2v) is 8.05. The summed E-state index contributed by atoms with van der Waals surface area (Å²) >= 11 is 6.59. The molecule has 0 bridgehead atoms. The van der Waals surface area contributed by atoms with E-state index in [9.17, 15) is 9.90 Å². The van der Waals surface area contributed by atoms with Gasteiger partial charge in [-0.2, -0.15) is 0 Å². The lowest BCUT2D eigenvalue weighted by Crippen LogP contribution is -2.37. The molecule has 0 amide bonds. The first-order chi connectivity index (χ1) is 11.0. The summed E-state index contributed by atoms with van der Waals surface area (Å²) in [5.41, 5.74) is 1.41.